The van der Waals surface area contributed by atoms with Gasteiger partial charge < -0.3 is 0 Å². The summed E-state index contributed by atoms with van der Waals surface area (Å²) in [6.45, 7) is 5.39. The molecule has 0 aromatic carbocycles. The molecule has 0 radical (unpaired) electrons. The van der Waals surface area contributed by atoms with Gasteiger partial charge in [-0.25, -0.2) is 0 Å². The van der Waals surface area contributed by atoms with Crippen molar-refractivity contribution in [2.45, 2.75) is 24.6 Å². The molecule has 0 rings (SSSR count). The SMILES string of the molecule is [Li][CH2]CCO[SiH](C)C. The van der Waals surface area contributed by atoms with Crippen molar-refractivity contribution in [1.82, 2.24) is 0 Å². The molecule has 0 unspecified atom stereocenters. The van der Waals surface area contributed by atoms with E-state index in [0.717, 1.165) is 6.61 Å². The van der Waals surface area contributed by atoms with E-state index in [1.165, 1.54) is 11.5 Å². The zero-order valence-electron chi connectivity index (χ0n) is 6.11. The van der Waals surface area contributed by atoms with Gasteiger partial charge in [0, 0.05) is 0 Å². The molecular weight excluding hydrogens is 111 g/mol. The van der Waals surface area contributed by atoms with Gasteiger partial charge in [-0.05, 0) is 0 Å². The molecule has 0 aliphatic carbocycles. The van der Waals surface area contributed by atoms with E-state index < -0.39 is 9.04 Å². The van der Waals surface area contributed by atoms with Gasteiger partial charge in [0.05, 0.1) is 0 Å². The van der Waals surface area contributed by atoms with Crippen LogP contribution in [0.5, 0.6) is 0 Å². The minimum absolute atomic E-state index is 0.702. The van der Waals surface area contributed by atoms with Crippen LogP contribution in [-0.2, 0) is 4.43 Å². The molecule has 0 saturated carbocycles. The summed E-state index contributed by atoms with van der Waals surface area (Å²) < 4.78 is 5.42. The van der Waals surface area contributed by atoms with E-state index in [1.807, 2.05) is 0 Å². The molecule has 0 aliphatic heterocycles. The number of hydrogen-bond donors (Lipinski definition) is 0. The van der Waals surface area contributed by atoms with Crippen molar-refractivity contribution >= 4 is 26.8 Å². The third kappa shape index (κ3) is 6.77. The van der Waals surface area contributed by atoms with Gasteiger partial charge in [-0.15, -0.1) is 0 Å². The van der Waals surface area contributed by atoms with E-state index >= 15 is 0 Å². The zero-order valence-corrected chi connectivity index (χ0v) is 7.26. The van der Waals surface area contributed by atoms with Crippen LogP contribution in [0.15, 0.2) is 0 Å². The predicted octanol–water partition coefficient (Wildman–Crippen LogP) is 0.963. The summed E-state index contributed by atoms with van der Waals surface area (Å²) in [5.41, 5.74) is 0. The summed E-state index contributed by atoms with van der Waals surface area (Å²) in [6, 6.07) is 0. The van der Waals surface area contributed by atoms with E-state index in [1.54, 1.807) is 0 Å². The summed E-state index contributed by atoms with van der Waals surface area (Å²) in [5, 5.41) is 1.25. The van der Waals surface area contributed by atoms with Crippen molar-refractivity contribution in [3.05, 3.63) is 0 Å². The number of rotatable bonds is 4. The minimum atomic E-state index is -0.702. The topological polar surface area (TPSA) is 9.23 Å². The summed E-state index contributed by atoms with van der Waals surface area (Å²) >= 11 is 2.19. The molecule has 0 fully saturated rings. The first-order chi connectivity index (χ1) is 3.77. The second kappa shape index (κ2) is 5.90. The molecule has 0 saturated heterocycles. The van der Waals surface area contributed by atoms with Crippen LogP contribution in [0.2, 0.25) is 18.2 Å². The monoisotopic (exact) mass is 124 g/mol. The maximum absolute atomic E-state index is 5.42. The molecule has 0 amide bonds. The van der Waals surface area contributed by atoms with Gasteiger partial charge in [0.15, 0.2) is 0 Å². The molecular formula is C5H13LiOSi. The first-order valence-electron chi connectivity index (χ1n) is 3.39. The molecule has 0 atom stereocenters. The van der Waals surface area contributed by atoms with E-state index in [-0.39, 0.29) is 0 Å². The molecule has 0 bridgehead atoms. The predicted molar refractivity (Wildman–Crippen MR) is 40.0 cm³/mol. The molecule has 3 heteroatoms. The molecule has 0 aromatic rings. The molecule has 8 heavy (non-hydrogen) atoms. The molecule has 0 spiro atoms. The third-order valence-corrected chi connectivity index (χ3v) is 1.85. The first kappa shape index (κ1) is 8.77. The normalized spacial score (nSPS) is 10.6. The quantitative estimate of drug-likeness (QED) is 0.400. The fraction of sp³-hybridized carbons (Fsp3) is 1.00. The molecule has 0 aliphatic rings. The van der Waals surface area contributed by atoms with Crippen LogP contribution in [0, 0.1) is 0 Å². The summed E-state index contributed by atoms with van der Waals surface area (Å²) in [6.07, 6.45) is 1.23. The Kier molecular flexibility index (Phi) is 6.47. The van der Waals surface area contributed by atoms with Crippen LogP contribution in [-0.4, -0.2) is 33.4 Å². The third-order valence-electron chi connectivity index (χ3n) is 0.949. The van der Waals surface area contributed by atoms with Crippen molar-refractivity contribution in [3.63, 3.8) is 0 Å². The maximum atomic E-state index is 5.42. The fourth-order valence-electron chi connectivity index (χ4n) is 0.463. The van der Waals surface area contributed by atoms with Crippen LogP contribution in [0.4, 0.5) is 0 Å². The second-order valence-corrected chi connectivity index (χ2v) is 4.70. The molecule has 0 aromatic heterocycles. The number of hydrogen-bond acceptors (Lipinski definition) is 1. The Morgan fingerprint density at radius 1 is 1.50 bits per heavy atom. The molecule has 44 valence electrons. The molecule has 0 heterocycles. The Morgan fingerprint density at radius 3 is 2.50 bits per heavy atom. The van der Waals surface area contributed by atoms with Gasteiger partial charge in [0.1, 0.15) is 0 Å². The van der Waals surface area contributed by atoms with Crippen molar-refractivity contribution in [3.8, 4) is 0 Å². The standard InChI is InChI=1S/C5H13OSi.Li/c1-4-5-6-7(2)3;/h7H,1,4-5H2,2-3H3;. The second-order valence-electron chi connectivity index (χ2n) is 2.27. The van der Waals surface area contributed by atoms with E-state index in [2.05, 4.69) is 30.8 Å². The van der Waals surface area contributed by atoms with E-state index in [9.17, 15) is 0 Å². The summed E-state index contributed by atoms with van der Waals surface area (Å²) in [4.78, 5) is 0. The molecule has 1 nitrogen and oxygen atoms in total. The van der Waals surface area contributed by atoms with Crippen molar-refractivity contribution < 1.29 is 4.43 Å². The van der Waals surface area contributed by atoms with Gasteiger partial charge in [-0.3, -0.25) is 0 Å². The Hall–Kier alpha value is 0.774. The van der Waals surface area contributed by atoms with Crippen LogP contribution < -0.4 is 0 Å². The Morgan fingerprint density at radius 2 is 2.12 bits per heavy atom. The first-order valence-corrected chi connectivity index (χ1v) is 6.17. The van der Waals surface area contributed by atoms with Crippen LogP contribution in [0.3, 0.4) is 0 Å². The average Bonchev–Trinajstić information content (AvgIpc) is 1.66. The van der Waals surface area contributed by atoms with Crippen LogP contribution in [0.1, 0.15) is 6.42 Å². The van der Waals surface area contributed by atoms with Crippen molar-refractivity contribution in [1.29, 1.82) is 0 Å². The van der Waals surface area contributed by atoms with E-state index in [0.29, 0.717) is 0 Å². The van der Waals surface area contributed by atoms with Crippen LogP contribution in [0.25, 0.3) is 0 Å². The molecule has 0 N–H and O–H groups in total. The Labute approximate surface area is 62.7 Å². The van der Waals surface area contributed by atoms with Gasteiger partial charge in [0.2, 0.25) is 0 Å². The van der Waals surface area contributed by atoms with Crippen molar-refractivity contribution in [2.24, 2.45) is 0 Å². The average molecular weight is 124 g/mol. The van der Waals surface area contributed by atoms with E-state index in [4.69, 9.17) is 4.43 Å². The summed E-state index contributed by atoms with van der Waals surface area (Å²) in [7, 11) is -0.702. The Bertz CT molecular complexity index is 49.7. The fourth-order valence-corrected chi connectivity index (χ4v) is 1.10. The van der Waals surface area contributed by atoms with Gasteiger partial charge in [0.25, 0.3) is 0 Å². The van der Waals surface area contributed by atoms with Gasteiger partial charge >= 0.3 is 62.4 Å². The van der Waals surface area contributed by atoms with Gasteiger partial charge in [-0.2, -0.15) is 0 Å². The summed E-state index contributed by atoms with van der Waals surface area (Å²) in [5.74, 6) is 0. The Balaban J connectivity index is 2.72. The van der Waals surface area contributed by atoms with Crippen LogP contribution >= 0.6 is 0 Å². The van der Waals surface area contributed by atoms with Crippen molar-refractivity contribution in [2.75, 3.05) is 6.61 Å². The van der Waals surface area contributed by atoms with Gasteiger partial charge in [-0.1, -0.05) is 0 Å². The zero-order chi connectivity index (χ0) is 6.41.